The van der Waals surface area contributed by atoms with Crippen LogP contribution < -0.4 is 15.0 Å². The summed E-state index contributed by atoms with van der Waals surface area (Å²) in [6, 6.07) is 17.8. The largest absolute Gasteiger partial charge is 0.412 e. The normalized spacial score (nSPS) is 16.4. The summed E-state index contributed by atoms with van der Waals surface area (Å²) in [7, 11) is 6.22. The molecule has 1 atom stereocenters. The minimum absolute atomic E-state index is 0.119. The van der Waals surface area contributed by atoms with Crippen molar-refractivity contribution in [3.63, 3.8) is 0 Å². The Morgan fingerprint density at radius 2 is 1.68 bits per heavy atom. The quantitative estimate of drug-likeness (QED) is 0.833. The van der Waals surface area contributed by atoms with Gasteiger partial charge < -0.3 is 19.9 Å². The Kier molecular flexibility index (Phi) is 6.90. The number of para-hydroxylation sites is 1. The van der Waals surface area contributed by atoms with Crippen molar-refractivity contribution >= 4 is 11.8 Å². The zero-order valence-electron chi connectivity index (χ0n) is 17.0. The van der Waals surface area contributed by atoms with Gasteiger partial charge in [0.05, 0.1) is 6.04 Å². The second kappa shape index (κ2) is 9.57. The van der Waals surface area contributed by atoms with E-state index in [1.807, 2.05) is 32.3 Å². The number of carbonyl (C=O) groups excluding carboxylic acids is 1. The number of piperazine rings is 1. The molecule has 6 nitrogen and oxygen atoms in total. The molecular weight excluding hydrogens is 352 g/mol. The highest BCUT2D eigenvalue weighted by Crippen LogP contribution is 2.24. The van der Waals surface area contributed by atoms with E-state index in [9.17, 15) is 4.79 Å². The first kappa shape index (κ1) is 20.2. The molecule has 0 aromatic heterocycles. The SMILES string of the molecule is CN1CCN([C@H](CNC(=O)Oc2ccccc2)c2ccc(N(C)C)cc2)CC1. The van der Waals surface area contributed by atoms with Crippen molar-refractivity contribution in [2.75, 3.05) is 58.8 Å². The fourth-order valence-electron chi connectivity index (χ4n) is 3.40. The number of nitrogens with zero attached hydrogens (tertiary/aromatic N) is 3. The summed E-state index contributed by atoms with van der Waals surface area (Å²) in [6.45, 7) is 4.52. The van der Waals surface area contributed by atoms with Crippen LogP contribution in [-0.2, 0) is 0 Å². The lowest BCUT2D eigenvalue weighted by Gasteiger charge is -2.38. The van der Waals surface area contributed by atoms with Gasteiger partial charge in [0.2, 0.25) is 0 Å². The van der Waals surface area contributed by atoms with Gasteiger partial charge in [-0.3, -0.25) is 4.90 Å². The number of ether oxygens (including phenoxy) is 1. The van der Waals surface area contributed by atoms with Crippen molar-refractivity contribution in [1.82, 2.24) is 15.1 Å². The Bertz CT molecular complexity index is 741. The summed E-state index contributed by atoms with van der Waals surface area (Å²) >= 11 is 0. The van der Waals surface area contributed by atoms with Crippen LogP contribution in [0.3, 0.4) is 0 Å². The van der Waals surface area contributed by atoms with Crippen LogP contribution >= 0.6 is 0 Å². The molecule has 1 saturated heterocycles. The minimum atomic E-state index is -0.421. The number of hydrogen-bond donors (Lipinski definition) is 1. The van der Waals surface area contributed by atoms with Crippen molar-refractivity contribution in [2.45, 2.75) is 6.04 Å². The van der Waals surface area contributed by atoms with Gasteiger partial charge in [0, 0.05) is 52.5 Å². The van der Waals surface area contributed by atoms with E-state index in [2.05, 4.69) is 51.3 Å². The van der Waals surface area contributed by atoms with E-state index in [0.29, 0.717) is 12.3 Å². The number of anilines is 1. The zero-order chi connectivity index (χ0) is 19.9. The minimum Gasteiger partial charge on any atom is -0.410 e. The highest BCUT2D eigenvalue weighted by molar-refractivity contribution is 5.70. The zero-order valence-corrected chi connectivity index (χ0v) is 17.0. The average Bonchev–Trinajstić information content (AvgIpc) is 2.70. The molecule has 150 valence electrons. The molecule has 1 amide bonds. The topological polar surface area (TPSA) is 48.1 Å². The first-order chi connectivity index (χ1) is 13.5. The van der Waals surface area contributed by atoms with Crippen LogP contribution in [0.5, 0.6) is 5.75 Å². The van der Waals surface area contributed by atoms with Crippen molar-refractivity contribution < 1.29 is 9.53 Å². The van der Waals surface area contributed by atoms with Gasteiger partial charge in [-0.05, 0) is 36.9 Å². The van der Waals surface area contributed by atoms with Gasteiger partial charge in [0.15, 0.2) is 0 Å². The number of benzene rings is 2. The second-order valence-electron chi connectivity index (χ2n) is 7.42. The summed E-state index contributed by atoms with van der Waals surface area (Å²) < 4.78 is 5.37. The standard InChI is InChI=1S/C22H30N4O2/c1-24(2)19-11-9-18(10-12-19)21(26-15-13-25(3)14-16-26)17-23-22(27)28-20-7-5-4-6-8-20/h4-12,21H,13-17H2,1-3H3,(H,23,27)/t21-/m1/s1. The Labute approximate surface area is 167 Å². The van der Waals surface area contributed by atoms with Gasteiger partial charge in [0.25, 0.3) is 0 Å². The summed E-state index contributed by atoms with van der Waals surface area (Å²) in [5.74, 6) is 0.548. The van der Waals surface area contributed by atoms with Gasteiger partial charge in [-0.1, -0.05) is 30.3 Å². The third-order valence-electron chi connectivity index (χ3n) is 5.17. The number of hydrogen-bond acceptors (Lipinski definition) is 5. The van der Waals surface area contributed by atoms with Crippen LogP contribution in [0.15, 0.2) is 54.6 Å². The predicted octanol–water partition coefficient (Wildman–Crippen LogP) is 2.83. The maximum Gasteiger partial charge on any atom is 0.412 e. The maximum absolute atomic E-state index is 12.3. The lowest BCUT2D eigenvalue weighted by Crippen LogP contribution is -2.48. The Morgan fingerprint density at radius 1 is 1.04 bits per heavy atom. The van der Waals surface area contributed by atoms with E-state index in [1.54, 1.807) is 12.1 Å². The van der Waals surface area contributed by atoms with E-state index in [-0.39, 0.29) is 6.04 Å². The summed E-state index contributed by atoms with van der Waals surface area (Å²) in [5, 5.41) is 2.95. The van der Waals surface area contributed by atoms with Crippen molar-refractivity contribution in [2.24, 2.45) is 0 Å². The molecule has 1 aliphatic heterocycles. The third-order valence-corrected chi connectivity index (χ3v) is 5.17. The lowest BCUT2D eigenvalue weighted by atomic mass is 10.0. The van der Waals surface area contributed by atoms with Gasteiger partial charge in [-0.15, -0.1) is 0 Å². The van der Waals surface area contributed by atoms with Crippen molar-refractivity contribution in [3.8, 4) is 5.75 Å². The van der Waals surface area contributed by atoms with Crippen molar-refractivity contribution in [1.29, 1.82) is 0 Å². The number of carbonyl (C=O) groups is 1. The van der Waals surface area contributed by atoms with Crippen molar-refractivity contribution in [3.05, 3.63) is 60.2 Å². The first-order valence-electron chi connectivity index (χ1n) is 9.73. The summed E-state index contributed by atoms with van der Waals surface area (Å²) in [5.41, 5.74) is 2.37. The molecule has 1 fully saturated rings. The third kappa shape index (κ3) is 5.47. The molecule has 1 N–H and O–H groups in total. The molecule has 2 aromatic rings. The number of nitrogens with one attached hydrogen (secondary N) is 1. The van der Waals surface area contributed by atoms with Gasteiger partial charge in [-0.2, -0.15) is 0 Å². The van der Waals surface area contributed by atoms with E-state index in [4.69, 9.17) is 4.74 Å². The highest BCUT2D eigenvalue weighted by Gasteiger charge is 2.24. The molecule has 0 saturated carbocycles. The maximum atomic E-state index is 12.3. The smallest absolute Gasteiger partial charge is 0.410 e. The first-order valence-corrected chi connectivity index (χ1v) is 9.73. The van der Waals surface area contributed by atoms with Crippen LogP contribution in [0.1, 0.15) is 11.6 Å². The molecule has 3 rings (SSSR count). The fourth-order valence-corrected chi connectivity index (χ4v) is 3.40. The molecule has 1 aliphatic rings. The van der Waals surface area contributed by atoms with Gasteiger partial charge >= 0.3 is 6.09 Å². The Balaban J connectivity index is 1.68. The van der Waals surface area contributed by atoms with Gasteiger partial charge in [-0.25, -0.2) is 4.79 Å². The average molecular weight is 383 g/mol. The van der Waals surface area contributed by atoms with Crippen LogP contribution in [0.4, 0.5) is 10.5 Å². The van der Waals surface area contributed by atoms with Crippen LogP contribution in [0.2, 0.25) is 0 Å². The number of rotatable bonds is 6. The molecule has 6 heteroatoms. The van der Waals surface area contributed by atoms with Crippen LogP contribution in [-0.4, -0.2) is 69.8 Å². The van der Waals surface area contributed by atoms with E-state index >= 15 is 0 Å². The molecule has 2 aromatic carbocycles. The summed E-state index contributed by atoms with van der Waals surface area (Å²) in [4.78, 5) is 19.1. The molecule has 0 bridgehead atoms. The highest BCUT2D eigenvalue weighted by atomic mass is 16.6. The Morgan fingerprint density at radius 3 is 2.29 bits per heavy atom. The van der Waals surface area contributed by atoms with E-state index < -0.39 is 6.09 Å². The van der Waals surface area contributed by atoms with Crippen LogP contribution in [0.25, 0.3) is 0 Å². The van der Waals surface area contributed by atoms with Crippen LogP contribution in [0, 0.1) is 0 Å². The molecule has 0 spiro atoms. The molecule has 1 heterocycles. The molecule has 28 heavy (non-hydrogen) atoms. The molecule has 0 aliphatic carbocycles. The van der Waals surface area contributed by atoms with Gasteiger partial charge in [0.1, 0.15) is 5.75 Å². The molecule has 0 radical (unpaired) electrons. The van der Waals surface area contributed by atoms with E-state index in [1.165, 1.54) is 5.56 Å². The molecular formula is C22H30N4O2. The second-order valence-corrected chi connectivity index (χ2v) is 7.42. The number of amides is 1. The molecule has 0 unspecified atom stereocenters. The number of likely N-dealkylation sites (N-methyl/N-ethyl adjacent to an activating group) is 1. The fraction of sp³-hybridized carbons (Fsp3) is 0.409. The Hall–Kier alpha value is -2.57. The lowest BCUT2D eigenvalue weighted by molar-refractivity contribution is 0.109. The van der Waals surface area contributed by atoms with E-state index in [0.717, 1.165) is 31.9 Å². The summed E-state index contributed by atoms with van der Waals surface area (Å²) in [6.07, 6.45) is -0.421. The monoisotopic (exact) mass is 382 g/mol. The predicted molar refractivity (Wildman–Crippen MR) is 113 cm³/mol.